The smallest absolute Gasteiger partial charge is 0.269 e. The van der Waals surface area contributed by atoms with E-state index in [1.54, 1.807) is 31.2 Å². The number of nitro groups is 1. The number of furan rings is 1. The Morgan fingerprint density at radius 3 is 2.65 bits per heavy atom. The number of hydrogen-bond acceptors (Lipinski definition) is 7. The van der Waals surface area contributed by atoms with Gasteiger partial charge >= 0.3 is 0 Å². The summed E-state index contributed by atoms with van der Waals surface area (Å²) in [5.74, 6) is 0.0435. The van der Waals surface area contributed by atoms with Gasteiger partial charge in [-0.2, -0.15) is 5.10 Å². The fourth-order valence-corrected chi connectivity index (χ4v) is 3.24. The second-order valence-corrected chi connectivity index (χ2v) is 7.74. The van der Waals surface area contributed by atoms with Crippen LogP contribution in [0, 0.1) is 17.0 Å². The molecule has 2 amide bonds. The maximum Gasteiger partial charge on any atom is 0.269 e. The summed E-state index contributed by atoms with van der Waals surface area (Å²) in [6.45, 7) is 1.08. The maximum atomic E-state index is 11.9. The van der Waals surface area contributed by atoms with Gasteiger partial charge < -0.3 is 14.5 Å². The number of rotatable bonds is 9. The van der Waals surface area contributed by atoms with Crippen molar-refractivity contribution < 1.29 is 23.7 Å². The molecule has 0 saturated carbocycles. The third-order valence-electron chi connectivity index (χ3n) is 4.39. The zero-order chi connectivity index (χ0) is 24.7. The number of nitrogens with one attached hydrogen (secondary N) is 2. The average molecular weight is 505 g/mol. The zero-order valence-electron chi connectivity index (χ0n) is 17.7. The molecule has 0 bridgehead atoms. The van der Waals surface area contributed by atoms with Crippen molar-refractivity contribution in [2.24, 2.45) is 5.10 Å². The van der Waals surface area contributed by atoms with E-state index in [9.17, 15) is 19.7 Å². The average Bonchev–Trinajstić information content (AvgIpc) is 3.25. The highest BCUT2D eigenvalue weighted by Gasteiger charge is 2.12. The van der Waals surface area contributed by atoms with Crippen LogP contribution >= 0.6 is 23.2 Å². The summed E-state index contributed by atoms with van der Waals surface area (Å²) in [7, 11) is 0. The third-order valence-corrected chi connectivity index (χ3v) is 4.92. The number of nitro benzene ring substituents is 1. The summed E-state index contributed by atoms with van der Waals surface area (Å²) < 4.78 is 10.9. The van der Waals surface area contributed by atoms with Crippen molar-refractivity contribution in [1.82, 2.24) is 10.7 Å². The Kier molecular flexibility index (Phi) is 8.23. The van der Waals surface area contributed by atoms with Crippen molar-refractivity contribution in [3.05, 3.63) is 80.0 Å². The van der Waals surface area contributed by atoms with Gasteiger partial charge in [0.25, 0.3) is 17.5 Å². The molecule has 0 aliphatic rings. The molecule has 0 aliphatic heterocycles. The molecule has 2 N–H and O–H groups in total. The molecule has 0 saturated heterocycles. The van der Waals surface area contributed by atoms with Crippen LogP contribution < -0.4 is 15.5 Å². The van der Waals surface area contributed by atoms with Gasteiger partial charge in [0.15, 0.2) is 6.61 Å². The van der Waals surface area contributed by atoms with Crippen LogP contribution in [0.4, 0.5) is 5.69 Å². The van der Waals surface area contributed by atoms with E-state index in [2.05, 4.69) is 15.8 Å². The number of carbonyl (C=O) groups is 2. The lowest BCUT2D eigenvalue weighted by molar-refractivity contribution is -0.384. The first kappa shape index (κ1) is 24.7. The number of hydrazone groups is 1. The van der Waals surface area contributed by atoms with Crippen molar-refractivity contribution in [3.8, 4) is 17.1 Å². The predicted molar refractivity (Wildman–Crippen MR) is 126 cm³/mol. The standard InChI is InChI=1S/C22H18Cl2N4O6/c1-13-8-15(28(31)32)3-5-17(13)19-7-4-16(34-19)10-26-27-21(29)11-25-22(30)12-33-20-6-2-14(23)9-18(20)24/h2-10H,11-12H2,1H3,(H,25,30)(H,27,29)/b26-10-. The topological polar surface area (TPSA) is 136 Å². The Hall–Kier alpha value is -3.89. The second-order valence-electron chi connectivity index (χ2n) is 6.89. The summed E-state index contributed by atoms with van der Waals surface area (Å²) in [5, 5.41) is 17.7. The molecule has 12 heteroatoms. The Morgan fingerprint density at radius 1 is 1.15 bits per heavy atom. The van der Waals surface area contributed by atoms with Gasteiger partial charge in [-0.1, -0.05) is 23.2 Å². The Balaban J connectivity index is 1.45. The van der Waals surface area contributed by atoms with E-state index in [1.165, 1.54) is 30.5 Å². The fourth-order valence-electron chi connectivity index (χ4n) is 2.78. The zero-order valence-corrected chi connectivity index (χ0v) is 19.2. The number of non-ortho nitro benzene ring substituents is 1. The number of ether oxygens (including phenoxy) is 1. The van der Waals surface area contributed by atoms with E-state index in [0.29, 0.717) is 27.7 Å². The first-order valence-electron chi connectivity index (χ1n) is 9.74. The molecule has 176 valence electrons. The second kappa shape index (κ2) is 11.3. The molecule has 0 fully saturated rings. The number of hydrogen-bond donors (Lipinski definition) is 2. The van der Waals surface area contributed by atoms with Crippen LogP contribution in [0.1, 0.15) is 11.3 Å². The summed E-state index contributed by atoms with van der Waals surface area (Å²) in [4.78, 5) is 34.1. The maximum absolute atomic E-state index is 11.9. The highest BCUT2D eigenvalue weighted by Crippen LogP contribution is 2.28. The largest absolute Gasteiger partial charge is 0.482 e. The molecule has 0 spiro atoms. The minimum atomic E-state index is -0.563. The van der Waals surface area contributed by atoms with E-state index < -0.39 is 16.7 Å². The van der Waals surface area contributed by atoms with Gasteiger partial charge in [-0.05, 0) is 48.9 Å². The number of aryl methyl sites for hydroxylation is 1. The molecule has 0 atom stereocenters. The van der Waals surface area contributed by atoms with Crippen molar-refractivity contribution in [3.63, 3.8) is 0 Å². The van der Waals surface area contributed by atoms with Crippen LogP contribution in [-0.4, -0.2) is 36.1 Å². The SMILES string of the molecule is Cc1cc([N+](=O)[O-])ccc1-c1ccc(/C=N\NC(=O)CNC(=O)COc2ccc(Cl)cc2Cl)o1. The summed E-state index contributed by atoms with van der Waals surface area (Å²) >= 11 is 11.8. The van der Waals surface area contributed by atoms with Gasteiger partial charge in [0.05, 0.1) is 22.7 Å². The van der Waals surface area contributed by atoms with Gasteiger partial charge in [-0.15, -0.1) is 0 Å². The van der Waals surface area contributed by atoms with Gasteiger partial charge in [0.2, 0.25) is 0 Å². The van der Waals surface area contributed by atoms with Crippen molar-refractivity contribution >= 4 is 46.9 Å². The summed E-state index contributed by atoms with van der Waals surface area (Å²) in [6.07, 6.45) is 1.29. The third kappa shape index (κ3) is 6.80. The van der Waals surface area contributed by atoms with Crippen LogP contribution in [0.3, 0.4) is 0 Å². The van der Waals surface area contributed by atoms with E-state index >= 15 is 0 Å². The highest BCUT2D eigenvalue weighted by atomic mass is 35.5. The Labute approximate surface area is 203 Å². The quantitative estimate of drug-likeness (QED) is 0.255. The van der Waals surface area contributed by atoms with E-state index in [4.69, 9.17) is 32.4 Å². The van der Waals surface area contributed by atoms with Gasteiger partial charge in [-0.25, -0.2) is 5.43 Å². The van der Waals surface area contributed by atoms with E-state index in [-0.39, 0.29) is 29.6 Å². The summed E-state index contributed by atoms with van der Waals surface area (Å²) in [6, 6.07) is 12.3. The lowest BCUT2D eigenvalue weighted by atomic mass is 10.1. The normalized spacial score (nSPS) is 10.8. The van der Waals surface area contributed by atoms with E-state index in [0.717, 1.165) is 0 Å². The lowest BCUT2D eigenvalue weighted by Gasteiger charge is -2.08. The van der Waals surface area contributed by atoms with Crippen LogP contribution in [0.25, 0.3) is 11.3 Å². The Morgan fingerprint density at radius 2 is 1.94 bits per heavy atom. The lowest BCUT2D eigenvalue weighted by Crippen LogP contribution is -2.37. The molecule has 3 rings (SSSR count). The van der Waals surface area contributed by atoms with E-state index in [1.807, 2.05) is 0 Å². The number of halogens is 2. The molecular formula is C22H18Cl2N4O6. The van der Waals surface area contributed by atoms with Crippen LogP contribution in [-0.2, 0) is 9.59 Å². The first-order chi connectivity index (χ1) is 16.2. The molecule has 10 nitrogen and oxygen atoms in total. The molecular weight excluding hydrogens is 487 g/mol. The predicted octanol–water partition coefficient (Wildman–Crippen LogP) is 4.12. The van der Waals surface area contributed by atoms with Crippen LogP contribution in [0.2, 0.25) is 10.0 Å². The van der Waals surface area contributed by atoms with Crippen molar-refractivity contribution in [2.75, 3.05) is 13.2 Å². The van der Waals surface area contributed by atoms with Gasteiger partial charge in [0.1, 0.15) is 17.3 Å². The molecule has 0 aliphatic carbocycles. The molecule has 34 heavy (non-hydrogen) atoms. The van der Waals surface area contributed by atoms with Crippen LogP contribution in [0.5, 0.6) is 5.75 Å². The number of carbonyl (C=O) groups excluding carboxylic acids is 2. The number of nitrogens with zero attached hydrogens (tertiary/aromatic N) is 2. The first-order valence-corrected chi connectivity index (χ1v) is 10.5. The van der Waals surface area contributed by atoms with Crippen LogP contribution in [0.15, 0.2) is 58.0 Å². The fraction of sp³-hybridized carbons (Fsp3) is 0.136. The number of benzene rings is 2. The minimum absolute atomic E-state index is 0.00950. The molecule has 1 heterocycles. The molecule has 2 aromatic carbocycles. The molecule has 0 radical (unpaired) electrons. The Bertz CT molecular complexity index is 1260. The minimum Gasteiger partial charge on any atom is -0.482 e. The van der Waals surface area contributed by atoms with Gasteiger partial charge in [-0.3, -0.25) is 19.7 Å². The highest BCUT2D eigenvalue weighted by molar-refractivity contribution is 6.35. The summed E-state index contributed by atoms with van der Waals surface area (Å²) in [5.41, 5.74) is 3.62. The van der Waals surface area contributed by atoms with Crippen molar-refractivity contribution in [1.29, 1.82) is 0 Å². The molecule has 1 aromatic heterocycles. The monoisotopic (exact) mass is 504 g/mol. The molecule has 3 aromatic rings. The number of amides is 2. The van der Waals surface area contributed by atoms with Crippen molar-refractivity contribution in [2.45, 2.75) is 6.92 Å². The molecule has 0 unspecified atom stereocenters. The van der Waals surface area contributed by atoms with Gasteiger partial charge in [0, 0.05) is 22.7 Å².